The molecule has 0 saturated carbocycles. The summed E-state index contributed by atoms with van der Waals surface area (Å²) in [7, 11) is 0. The van der Waals surface area contributed by atoms with Gasteiger partial charge in [-0.25, -0.2) is 9.97 Å². The Balaban J connectivity index is 1.05. The number of pyridine rings is 2. The number of fused-ring (bicyclic) bond motifs is 4. The van der Waals surface area contributed by atoms with Crippen molar-refractivity contribution in [2.45, 2.75) is 22.9 Å². The van der Waals surface area contributed by atoms with E-state index in [-0.39, 0.29) is 10.9 Å². The van der Waals surface area contributed by atoms with Crippen molar-refractivity contribution < 1.29 is 0 Å². The first-order valence-electron chi connectivity index (χ1n) is 13.7. The Bertz CT molecular complexity index is 2010. The highest BCUT2D eigenvalue weighted by atomic mass is 32.2. The second-order valence-corrected chi connectivity index (χ2v) is 12.8. The van der Waals surface area contributed by atoms with Gasteiger partial charge in [0.15, 0.2) is 0 Å². The summed E-state index contributed by atoms with van der Waals surface area (Å²) in [6.07, 6.45) is 8.46. The molecule has 6 aromatic rings. The van der Waals surface area contributed by atoms with Crippen molar-refractivity contribution in [3.63, 3.8) is 0 Å². The van der Waals surface area contributed by atoms with Crippen LogP contribution < -0.4 is 10.6 Å². The number of rotatable bonds is 4. The van der Waals surface area contributed by atoms with Crippen LogP contribution in [0.3, 0.4) is 0 Å². The molecular formula is C35H26N4S2. The molecule has 2 aliphatic heterocycles. The summed E-state index contributed by atoms with van der Waals surface area (Å²) < 4.78 is 2.64. The van der Waals surface area contributed by atoms with Crippen LogP contribution >= 0.6 is 23.1 Å². The summed E-state index contributed by atoms with van der Waals surface area (Å²) in [6.45, 7) is 2.23. The van der Waals surface area contributed by atoms with E-state index in [1.165, 1.54) is 25.7 Å². The van der Waals surface area contributed by atoms with Crippen molar-refractivity contribution in [2.24, 2.45) is 0 Å². The van der Waals surface area contributed by atoms with Gasteiger partial charge in [-0.3, -0.25) is 0 Å². The van der Waals surface area contributed by atoms with E-state index in [9.17, 15) is 0 Å². The fraction of sp³-hybridized carbons (Fsp3) is 0.0857. The van der Waals surface area contributed by atoms with E-state index in [0.29, 0.717) is 0 Å². The lowest BCUT2D eigenvalue weighted by Crippen LogP contribution is -2.51. The summed E-state index contributed by atoms with van der Waals surface area (Å²) in [5.41, 5.74) is 7.06. The molecule has 0 spiro atoms. The SMILES string of the molecule is CC1(C2Nc3cc(-c4ccc5sc6ccccc6c5c4)cnc3S2)C=CC=C(c2cccc(-c3ccccc3)n2)N1. The van der Waals surface area contributed by atoms with Crippen LogP contribution in [-0.4, -0.2) is 20.9 Å². The van der Waals surface area contributed by atoms with E-state index in [2.05, 4.69) is 115 Å². The van der Waals surface area contributed by atoms with Crippen molar-refractivity contribution in [1.29, 1.82) is 0 Å². The maximum Gasteiger partial charge on any atom is 0.121 e. The molecule has 3 aromatic carbocycles. The van der Waals surface area contributed by atoms with Gasteiger partial charge >= 0.3 is 0 Å². The van der Waals surface area contributed by atoms with Crippen molar-refractivity contribution in [3.05, 3.63) is 127 Å². The van der Waals surface area contributed by atoms with Gasteiger partial charge in [-0.2, -0.15) is 0 Å². The molecule has 2 atom stereocenters. The van der Waals surface area contributed by atoms with Crippen LogP contribution in [0.2, 0.25) is 0 Å². The van der Waals surface area contributed by atoms with Crippen molar-refractivity contribution in [1.82, 2.24) is 15.3 Å². The molecule has 41 heavy (non-hydrogen) atoms. The Morgan fingerprint density at radius 3 is 2.51 bits per heavy atom. The average Bonchev–Trinajstić information content (AvgIpc) is 3.63. The number of nitrogens with zero attached hydrogens (tertiary/aromatic N) is 2. The zero-order valence-corrected chi connectivity index (χ0v) is 24.0. The lowest BCUT2D eigenvalue weighted by molar-refractivity contribution is 0.509. The fourth-order valence-corrected chi connectivity index (χ4v) is 7.88. The maximum atomic E-state index is 4.98. The predicted octanol–water partition coefficient (Wildman–Crippen LogP) is 8.98. The molecule has 2 aliphatic rings. The number of aromatic nitrogens is 2. The van der Waals surface area contributed by atoms with E-state index in [0.717, 1.165) is 38.9 Å². The summed E-state index contributed by atoms with van der Waals surface area (Å²) in [4.78, 5) is 9.87. The Morgan fingerprint density at radius 2 is 1.59 bits per heavy atom. The summed E-state index contributed by atoms with van der Waals surface area (Å²) in [5.74, 6) is 0. The van der Waals surface area contributed by atoms with Crippen LogP contribution in [0.1, 0.15) is 12.6 Å². The minimum absolute atomic E-state index is 0.0702. The van der Waals surface area contributed by atoms with E-state index in [1.807, 2.05) is 35.7 Å². The smallest absolute Gasteiger partial charge is 0.121 e. The number of benzene rings is 3. The first kappa shape index (κ1) is 24.4. The molecule has 2 unspecified atom stereocenters. The second-order valence-electron chi connectivity index (χ2n) is 10.6. The number of allylic oxidation sites excluding steroid dienone is 2. The zero-order chi connectivity index (χ0) is 27.4. The van der Waals surface area contributed by atoms with Crippen LogP contribution in [0, 0.1) is 0 Å². The third-order valence-electron chi connectivity index (χ3n) is 7.83. The molecule has 0 aliphatic carbocycles. The molecule has 3 aromatic heterocycles. The highest BCUT2D eigenvalue weighted by molar-refractivity contribution is 8.00. The van der Waals surface area contributed by atoms with Gasteiger partial charge in [0.2, 0.25) is 0 Å². The molecule has 0 radical (unpaired) electrons. The van der Waals surface area contributed by atoms with E-state index in [1.54, 1.807) is 11.8 Å². The summed E-state index contributed by atoms with van der Waals surface area (Å²) in [5, 5.41) is 11.3. The summed E-state index contributed by atoms with van der Waals surface area (Å²) in [6, 6.07) is 34.1. The monoisotopic (exact) mass is 566 g/mol. The Kier molecular flexibility index (Phi) is 5.72. The molecule has 6 heteroatoms. The number of thioether (sulfide) groups is 1. The van der Waals surface area contributed by atoms with Crippen LogP contribution in [0.25, 0.3) is 48.3 Å². The van der Waals surface area contributed by atoms with Gasteiger partial charge in [0.1, 0.15) is 10.4 Å². The van der Waals surface area contributed by atoms with Gasteiger partial charge in [0.25, 0.3) is 0 Å². The topological polar surface area (TPSA) is 49.8 Å². The van der Waals surface area contributed by atoms with Gasteiger partial charge in [0, 0.05) is 37.5 Å². The van der Waals surface area contributed by atoms with Gasteiger partial charge < -0.3 is 10.6 Å². The number of hydrogen-bond acceptors (Lipinski definition) is 6. The van der Waals surface area contributed by atoms with Crippen LogP contribution in [0.4, 0.5) is 5.69 Å². The fourth-order valence-electron chi connectivity index (χ4n) is 5.64. The van der Waals surface area contributed by atoms with Gasteiger partial charge in [-0.15, -0.1) is 11.3 Å². The van der Waals surface area contributed by atoms with Crippen LogP contribution in [0.15, 0.2) is 127 Å². The highest BCUT2D eigenvalue weighted by Gasteiger charge is 2.39. The van der Waals surface area contributed by atoms with Crippen molar-refractivity contribution in [3.8, 4) is 22.4 Å². The lowest BCUT2D eigenvalue weighted by atomic mass is 9.96. The maximum absolute atomic E-state index is 4.98. The predicted molar refractivity (Wildman–Crippen MR) is 174 cm³/mol. The quantitative estimate of drug-likeness (QED) is 0.223. The minimum atomic E-state index is -0.339. The van der Waals surface area contributed by atoms with E-state index < -0.39 is 0 Å². The molecule has 0 amide bonds. The van der Waals surface area contributed by atoms with Crippen molar-refractivity contribution in [2.75, 3.05) is 5.32 Å². The number of dihydropyridines is 1. The third-order valence-corrected chi connectivity index (χ3v) is 10.4. The largest absolute Gasteiger partial charge is 0.372 e. The molecule has 8 rings (SSSR count). The highest BCUT2D eigenvalue weighted by Crippen LogP contribution is 2.44. The number of thiophene rings is 1. The lowest BCUT2D eigenvalue weighted by Gasteiger charge is -2.37. The third kappa shape index (κ3) is 4.31. The Hall–Kier alpha value is -4.39. The molecule has 0 saturated heterocycles. The molecule has 198 valence electrons. The normalized spacial score (nSPS) is 19.5. The number of hydrogen-bond donors (Lipinski definition) is 2. The van der Waals surface area contributed by atoms with Crippen LogP contribution in [0.5, 0.6) is 0 Å². The molecule has 5 heterocycles. The summed E-state index contributed by atoms with van der Waals surface area (Å²) >= 11 is 3.61. The average molecular weight is 567 g/mol. The Labute approximate surface area is 246 Å². The molecule has 0 bridgehead atoms. The van der Waals surface area contributed by atoms with Gasteiger partial charge in [0.05, 0.1) is 28.3 Å². The number of nitrogens with one attached hydrogen (secondary N) is 2. The van der Waals surface area contributed by atoms with Gasteiger partial charge in [-0.1, -0.05) is 84.6 Å². The second kappa shape index (κ2) is 9.61. The van der Waals surface area contributed by atoms with E-state index in [4.69, 9.17) is 9.97 Å². The standard InChI is InChI=1S/C35H26N4S2/c1-35(18-8-14-29(39-35)28-13-7-12-27(37-28)22-9-3-2-4-10-22)34-38-30-20-24(21-36-33(30)41-34)23-16-17-32-26(19-23)25-11-5-6-15-31(25)40-32/h2-21,34,38-39H,1H3. The first-order valence-corrected chi connectivity index (χ1v) is 15.4. The first-order chi connectivity index (χ1) is 20.1. The zero-order valence-electron chi connectivity index (χ0n) is 22.3. The molecule has 0 fully saturated rings. The van der Waals surface area contributed by atoms with E-state index >= 15 is 0 Å². The Morgan fingerprint density at radius 1 is 0.756 bits per heavy atom. The molecule has 4 nitrogen and oxygen atoms in total. The molecule has 2 N–H and O–H groups in total. The van der Waals surface area contributed by atoms with Crippen LogP contribution in [-0.2, 0) is 0 Å². The minimum Gasteiger partial charge on any atom is -0.372 e. The van der Waals surface area contributed by atoms with Crippen molar-refractivity contribution >= 4 is 54.7 Å². The number of anilines is 1. The van der Waals surface area contributed by atoms with Gasteiger partial charge in [-0.05, 0) is 55.0 Å². The molecular weight excluding hydrogens is 541 g/mol.